The summed E-state index contributed by atoms with van der Waals surface area (Å²) in [7, 11) is 0. The molecule has 21 heavy (non-hydrogen) atoms. The van der Waals surface area contributed by atoms with Gasteiger partial charge in [-0.1, -0.05) is 0 Å². The predicted molar refractivity (Wildman–Crippen MR) is 80.1 cm³/mol. The fourth-order valence-corrected chi connectivity index (χ4v) is 2.92. The first-order valence-electron chi connectivity index (χ1n) is 7.22. The molecule has 4 rings (SSSR count). The van der Waals surface area contributed by atoms with Crippen LogP contribution in [0.2, 0.25) is 0 Å². The monoisotopic (exact) mass is 280 g/mol. The second-order valence-electron chi connectivity index (χ2n) is 5.38. The van der Waals surface area contributed by atoms with Crippen LogP contribution in [0.3, 0.4) is 0 Å². The lowest BCUT2D eigenvalue weighted by Crippen LogP contribution is -2.35. The molecule has 1 atom stereocenters. The van der Waals surface area contributed by atoms with Crippen molar-refractivity contribution in [1.29, 1.82) is 0 Å². The Labute approximate surface area is 122 Å². The van der Waals surface area contributed by atoms with Crippen molar-refractivity contribution in [2.45, 2.75) is 18.8 Å². The number of fused-ring (bicyclic) bond motifs is 1. The maximum Gasteiger partial charge on any atom is 0.225 e. The Bertz CT molecular complexity index is 738. The summed E-state index contributed by atoms with van der Waals surface area (Å²) in [6.45, 7) is 1.92. The standard InChI is InChI=1S/C15H16N6/c1-3-12(10-21(8-1)15-16-6-2-7-17-15)13-5-4-11-9-18-20-14(11)19-13/h2,4-7,9,12H,1,3,8,10H2,(H,18,19,20)/t12-/m1/s1. The van der Waals surface area contributed by atoms with Crippen LogP contribution in [-0.4, -0.2) is 38.2 Å². The molecule has 1 fully saturated rings. The molecule has 6 nitrogen and oxygen atoms in total. The molecule has 0 unspecified atom stereocenters. The number of aromatic nitrogens is 5. The van der Waals surface area contributed by atoms with Crippen LogP contribution in [0.25, 0.3) is 11.0 Å². The average Bonchev–Trinajstić information content (AvgIpc) is 3.03. The van der Waals surface area contributed by atoms with Gasteiger partial charge in [0.2, 0.25) is 5.95 Å². The van der Waals surface area contributed by atoms with Crippen LogP contribution in [0, 0.1) is 0 Å². The first-order chi connectivity index (χ1) is 10.4. The molecular weight excluding hydrogens is 264 g/mol. The second-order valence-corrected chi connectivity index (χ2v) is 5.38. The number of pyridine rings is 1. The zero-order valence-corrected chi connectivity index (χ0v) is 11.6. The van der Waals surface area contributed by atoms with Gasteiger partial charge in [-0.05, 0) is 31.0 Å². The van der Waals surface area contributed by atoms with Crippen LogP contribution in [0.4, 0.5) is 5.95 Å². The highest BCUT2D eigenvalue weighted by atomic mass is 15.3. The van der Waals surface area contributed by atoms with Crippen molar-refractivity contribution < 1.29 is 0 Å². The summed E-state index contributed by atoms with van der Waals surface area (Å²) in [4.78, 5) is 15.6. The summed E-state index contributed by atoms with van der Waals surface area (Å²) >= 11 is 0. The topological polar surface area (TPSA) is 70.6 Å². The van der Waals surface area contributed by atoms with E-state index < -0.39 is 0 Å². The van der Waals surface area contributed by atoms with E-state index in [2.05, 4.69) is 37.2 Å². The molecule has 6 heteroatoms. The first-order valence-corrected chi connectivity index (χ1v) is 7.22. The van der Waals surface area contributed by atoms with E-state index in [0.29, 0.717) is 5.92 Å². The predicted octanol–water partition coefficient (Wildman–Crippen LogP) is 2.13. The van der Waals surface area contributed by atoms with Crippen molar-refractivity contribution >= 4 is 17.0 Å². The zero-order chi connectivity index (χ0) is 14.1. The van der Waals surface area contributed by atoms with Gasteiger partial charge in [0.15, 0.2) is 5.65 Å². The molecular formula is C15H16N6. The van der Waals surface area contributed by atoms with Crippen LogP contribution in [0.5, 0.6) is 0 Å². The van der Waals surface area contributed by atoms with Gasteiger partial charge in [-0.2, -0.15) is 5.10 Å². The van der Waals surface area contributed by atoms with Gasteiger partial charge in [0.25, 0.3) is 0 Å². The van der Waals surface area contributed by atoms with Crippen LogP contribution < -0.4 is 4.90 Å². The van der Waals surface area contributed by atoms with E-state index in [1.54, 1.807) is 18.6 Å². The molecule has 1 aliphatic rings. The summed E-state index contributed by atoms with van der Waals surface area (Å²) in [6.07, 6.45) is 7.67. The molecule has 0 spiro atoms. The van der Waals surface area contributed by atoms with Gasteiger partial charge >= 0.3 is 0 Å². The van der Waals surface area contributed by atoms with Crippen molar-refractivity contribution in [2.24, 2.45) is 0 Å². The van der Waals surface area contributed by atoms with Crippen LogP contribution in [0.1, 0.15) is 24.5 Å². The van der Waals surface area contributed by atoms with Crippen LogP contribution in [0.15, 0.2) is 36.8 Å². The number of hydrogen-bond donors (Lipinski definition) is 1. The molecule has 4 heterocycles. The van der Waals surface area contributed by atoms with Gasteiger partial charge in [0.05, 0.1) is 6.20 Å². The number of H-pyrrole nitrogens is 1. The molecule has 0 amide bonds. The lowest BCUT2D eigenvalue weighted by atomic mass is 9.94. The minimum Gasteiger partial charge on any atom is -0.340 e. The lowest BCUT2D eigenvalue weighted by Gasteiger charge is -2.32. The Kier molecular flexibility index (Phi) is 2.99. The highest BCUT2D eigenvalue weighted by Crippen LogP contribution is 2.28. The summed E-state index contributed by atoms with van der Waals surface area (Å²) in [5.74, 6) is 1.22. The Morgan fingerprint density at radius 3 is 3.00 bits per heavy atom. The van der Waals surface area contributed by atoms with E-state index in [4.69, 9.17) is 4.98 Å². The number of aromatic amines is 1. The Balaban J connectivity index is 1.60. The quantitative estimate of drug-likeness (QED) is 0.778. The Hall–Kier alpha value is -2.50. The Morgan fingerprint density at radius 1 is 1.19 bits per heavy atom. The highest BCUT2D eigenvalue weighted by Gasteiger charge is 2.24. The van der Waals surface area contributed by atoms with Crippen molar-refractivity contribution in [1.82, 2.24) is 25.1 Å². The highest BCUT2D eigenvalue weighted by molar-refractivity contribution is 5.73. The maximum atomic E-state index is 4.70. The van der Waals surface area contributed by atoms with E-state index >= 15 is 0 Å². The summed E-state index contributed by atoms with van der Waals surface area (Å²) in [5.41, 5.74) is 1.98. The third-order valence-corrected chi connectivity index (χ3v) is 4.00. The summed E-state index contributed by atoms with van der Waals surface area (Å²) in [6, 6.07) is 6.04. The van der Waals surface area contributed by atoms with Gasteiger partial charge in [0.1, 0.15) is 0 Å². The van der Waals surface area contributed by atoms with Crippen molar-refractivity contribution in [3.63, 3.8) is 0 Å². The van der Waals surface area contributed by atoms with Gasteiger partial charge in [-0.15, -0.1) is 0 Å². The molecule has 0 radical (unpaired) electrons. The van der Waals surface area contributed by atoms with Crippen LogP contribution in [-0.2, 0) is 0 Å². The zero-order valence-electron chi connectivity index (χ0n) is 11.6. The average molecular weight is 280 g/mol. The van der Waals surface area contributed by atoms with E-state index in [0.717, 1.165) is 48.6 Å². The molecule has 0 aliphatic carbocycles. The number of nitrogens with zero attached hydrogens (tertiary/aromatic N) is 5. The molecule has 1 saturated heterocycles. The van der Waals surface area contributed by atoms with Gasteiger partial charge < -0.3 is 4.90 Å². The van der Waals surface area contributed by atoms with Crippen LogP contribution >= 0.6 is 0 Å². The van der Waals surface area contributed by atoms with Gasteiger partial charge in [0, 0.05) is 42.5 Å². The Morgan fingerprint density at radius 2 is 2.10 bits per heavy atom. The van der Waals surface area contributed by atoms with Crippen molar-refractivity contribution in [3.8, 4) is 0 Å². The molecule has 3 aromatic rings. The van der Waals surface area contributed by atoms with Gasteiger partial charge in [-0.3, -0.25) is 5.10 Å². The molecule has 106 valence electrons. The number of anilines is 1. The van der Waals surface area contributed by atoms with Gasteiger partial charge in [-0.25, -0.2) is 15.0 Å². The molecule has 0 saturated carbocycles. The number of rotatable bonds is 2. The van der Waals surface area contributed by atoms with E-state index in [1.807, 2.05) is 6.07 Å². The maximum absolute atomic E-state index is 4.70. The summed E-state index contributed by atoms with van der Waals surface area (Å²) < 4.78 is 0. The molecule has 1 aliphatic heterocycles. The largest absolute Gasteiger partial charge is 0.340 e. The fraction of sp³-hybridized carbons (Fsp3) is 0.333. The molecule has 0 aromatic carbocycles. The smallest absolute Gasteiger partial charge is 0.225 e. The minimum atomic E-state index is 0.412. The SMILES string of the molecule is c1cnc(N2CCC[C@@H](c3ccc4cn[nH]c4n3)C2)nc1. The van der Waals surface area contributed by atoms with E-state index in [1.165, 1.54) is 0 Å². The van der Waals surface area contributed by atoms with E-state index in [9.17, 15) is 0 Å². The number of piperidine rings is 1. The summed E-state index contributed by atoms with van der Waals surface area (Å²) in [5, 5.41) is 8.03. The normalized spacial score (nSPS) is 19.0. The third kappa shape index (κ3) is 2.33. The van der Waals surface area contributed by atoms with Crippen molar-refractivity contribution in [3.05, 3.63) is 42.5 Å². The molecule has 0 bridgehead atoms. The molecule has 1 N–H and O–H groups in total. The number of hydrogen-bond acceptors (Lipinski definition) is 5. The van der Waals surface area contributed by atoms with E-state index in [-0.39, 0.29) is 0 Å². The lowest BCUT2D eigenvalue weighted by molar-refractivity contribution is 0.496. The molecule has 3 aromatic heterocycles. The third-order valence-electron chi connectivity index (χ3n) is 4.00. The van der Waals surface area contributed by atoms with Crippen molar-refractivity contribution in [2.75, 3.05) is 18.0 Å². The second kappa shape index (κ2) is 5.12. The minimum absolute atomic E-state index is 0.412. The fourth-order valence-electron chi connectivity index (χ4n) is 2.92. The number of nitrogens with one attached hydrogen (secondary N) is 1. The first kappa shape index (κ1) is 12.3.